The van der Waals surface area contributed by atoms with Crippen molar-refractivity contribution in [1.82, 2.24) is 5.43 Å². The van der Waals surface area contributed by atoms with Gasteiger partial charge in [-0.2, -0.15) is 5.10 Å². The van der Waals surface area contributed by atoms with Crippen LogP contribution in [0.5, 0.6) is 17.2 Å². The molecule has 0 heterocycles. The van der Waals surface area contributed by atoms with Crippen molar-refractivity contribution in [2.24, 2.45) is 5.10 Å². The van der Waals surface area contributed by atoms with Crippen molar-refractivity contribution in [1.29, 1.82) is 0 Å². The van der Waals surface area contributed by atoms with Crippen molar-refractivity contribution in [3.8, 4) is 17.2 Å². The highest BCUT2D eigenvalue weighted by Crippen LogP contribution is 2.27. The fourth-order valence-electron chi connectivity index (χ4n) is 2.35. The van der Waals surface area contributed by atoms with Crippen LogP contribution in [0, 0.1) is 6.92 Å². The first kappa shape index (κ1) is 19.3. The average Bonchev–Trinajstić information content (AvgIpc) is 2.61. The SMILES string of the molecule is COc1ccc(C=NNC(=O)COc2cc(C)ccc2C(C)C)c(O)c1. The van der Waals surface area contributed by atoms with Gasteiger partial charge in [-0.3, -0.25) is 4.79 Å². The smallest absolute Gasteiger partial charge is 0.277 e. The highest BCUT2D eigenvalue weighted by molar-refractivity contribution is 5.85. The van der Waals surface area contributed by atoms with Crippen molar-refractivity contribution in [2.75, 3.05) is 13.7 Å². The summed E-state index contributed by atoms with van der Waals surface area (Å²) in [4.78, 5) is 11.9. The Bertz CT molecular complexity index is 800. The quantitative estimate of drug-likeness (QED) is 0.589. The number of aromatic hydroxyl groups is 1. The lowest BCUT2D eigenvalue weighted by Crippen LogP contribution is -2.25. The van der Waals surface area contributed by atoms with Gasteiger partial charge in [0.15, 0.2) is 6.61 Å². The number of rotatable bonds is 7. The predicted molar refractivity (Wildman–Crippen MR) is 101 cm³/mol. The molecule has 6 nitrogen and oxygen atoms in total. The van der Waals surface area contributed by atoms with E-state index in [1.165, 1.54) is 19.4 Å². The van der Waals surface area contributed by atoms with E-state index >= 15 is 0 Å². The Hall–Kier alpha value is -3.02. The molecule has 0 bridgehead atoms. The van der Waals surface area contributed by atoms with Crippen LogP contribution in [-0.2, 0) is 4.79 Å². The molecule has 6 heteroatoms. The summed E-state index contributed by atoms with van der Waals surface area (Å²) >= 11 is 0. The standard InChI is InChI=1S/C20H24N2O4/c1-13(2)17-8-5-14(3)9-19(17)26-12-20(24)22-21-11-15-6-7-16(25-4)10-18(15)23/h5-11,13,23H,12H2,1-4H3,(H,22,24). The number of amides is 1. The van der Waals surface area contributed by atoms with Gasteiger partial charge in [0.1, 0.15) is 17.2 Å². The van der Waals surface area contributed by atoms with E-state index in [4.69, 9.17) is 9.47 Å². The highest BCUT2D eigenvalue weighted by Gasteiger charge is 2.10. The maximum atomic E-state index is 11.9. The van der Waals surface area contributed by atoms with Crippen LogP contribution in [0.25, 0.3) is 0 Å². The molecule has 2 aromatic carbocycles. The van der Waals surface area contributed by atoms with Gasteiger partial charge in [0, 0.05) is 11.6 Å². The number of methoxy groups -OCH3 is 1. The molecule has 138 valence electrons. The fraction of sp³-hybridized carbons (Fsp3) is 0.300. The zero-order chi connectivity index (χ0) is 19.1. The molecule has 1 amide bonds. The summed E-state index contributed by atoms with van der Waals surface area (Å²) in [6.45, 7) is 5.98. The van der Waals surface area contributed by atoms with Gasteiger partial charge in [0.2, 0.25) is 0 Å². The Kier molecular flexibility index (Phi) is 6.60. The first-order chi connectivity index (χ1) is 12.4. The third kappa shape index (κ3) is 5.24. The zero-order valence-corrected chi connectivity index (χ0v) is 15.4. The minimum absolute atomic E-state index is 0.0138. The maximum Gasteiger partial charge on any atom is 0.277 e. The number of phenolic OH excluding ortho intramolecular Hbond substituents is 1. The number of nitrogens with zero attached hydrogens (tertiary/aromatic N) is 1. The summed E-state index contributed by atoms with van der Waals surface area (Å²) in [5.41, 5.74) is 4.97. The monoisotopic (exact) mass is 356 g/mol. The molecule has 2 N–H and O–H groups in total. The molecule has 0 saturated heterocycles. The van der Waals surface area contributed by atoms with Gasteiger partial charge in [0.25, 0.3) is 5.91 Å². The Morgan fingerprint density at radius 1 is 1.27 bits per heavy atom. The van der Waals surface area contributed by atoms with Crippen molar-refractivity contribution in [2.45, 2.75) is 26.7 Å². The molecule has 0 atom stereocenters. The number of hydrogen-bond donors (Lipinski definition) is 2. The van der Waals surface area contributed by atoms with Crippen molar-refractivity contribution < 1.29 is 19.4 Å². The normalized spacial score (nSPS) is 11.0. The van der Waals surface area contributed by atoms with E-state index < -0.39 is 0 Å². The zero-order valence-electron chi connectivity index (χ0n) is 15.4. The van der Waals surface area contributed by atoms with E-state index in [9.17, 15) is 9.90 Å². The molecule has 0 fully saturated rings. The summed E-state index contributed by atoms with van der Waals surface area (Å²) < 4.78 is 10.7. The van der Waals surface area contributed by atoms with Gasteiger partial charge in [-0.15, -0.1) is 0 Å². The Balaban J connectivity index is 1.93. The molecule has 0 saturated carbocycles. The number of benzene rings is 2. The first-order valence-electron chi connectivity index (χ1n) is 8.33. The number of hydrogen-bond acceptors (Lipinski definition) is 5. The van der Waals surface area contributed by atoms with Crippen LogP contribution >= 0.6 is 0 Å². The average molecular weight is 356 g/mol. The van der Waals surface area contributed by atoms with E-state index in [1.54, 1.807) is 12.1 Å². The van der Waals surface area contributed by atoms with E-state index in [0.29, 0.717) is 23.0 Å². The lowest BCUT2D eigenvalue weighted by molar-refractivity contribution is -0.123. The molecule has 0 aliphatic heterocycles. The van der Waals surface area contributed by atoms with Crippen molar-refractivity contribution >= 4 is 12.1 Å². The van der Waals surface area contributed by atoms with Crippen LogP contribution < -0.4 is 14.9 Å². The second kappa shape index (κ2) is 8.89. The first-order valence-corrected chi connectivity index (χ1v) is 8.33. The number of phenols is 1. The van der Waals surface area contributed by atoms with Crippen LogP contribution in [-0.4, -0.2) is 30.9 Å². The summed E-state index contributed by atoms with van der Waals surface area (Å²) in [6.07, 6.45) is 1.36. The summed E-state index contributed by atoms with van der Waals surface area (Å²) in [5.74, 6) is 1.17. The number of carbonyl (C=O) groups excluding carboxylic acids is 1. The van der Waals surface area contributed by atoms with Crippen molar-refractivity contribution in [3.05, 3.63) is 53.1 Å². The second-order valence-corrected chi connectivity index (χ2v) is 6.20. The Morgan fingerprint density at radius 3 is 2.69 bits per heavy atom. The third-order valence-electron chi connectivity index (χ3n) is 3.78. The molecular formula is C20H24N2O4. The third-order valence-corrected chi connectivity index (χ3v) is 3.78. The van der Waals surface area contributed by atoms with Crippen LogP contribution in [0.2, 0.25) is 0 Å². The van der Waals surface area contributed by atoms with Crippen LogP contribution in [0.4, 0.5) is 0 Å². The molecule has 0 radical (unpaired) electrons. The van der Waals surface area contributed by atoms with Gasteiger partial charge in [-0.1, -0.05) is 26.0 Å². The summed E-state index contributed by atoms with van der Waals surface area (Å²) in [7, 11) is 1.52. The van der Waals surface area contributed by atoms with Gasteiger partial charge in [0.05, 0.1) is 13.3 Å². The molecule has 0 aliphatic rings. The fourth-order valence-corrected chi connectivity index (χ4v) is 2.35. The van der Waals surface area contributed by atoms with Gasteiger partial charge in [-0.05, 0) is 42.2 Å². The van der Waals surface area contributed by atoms with Crippen LogP contribution in [0.3, 0.4) is 0 Å². The van der Waals surface area contributed by atoms with E-state index in [-0.39, 0.29) is 18.3 Å². The van der Waals surface area contributed by atoms with Gasteiger partial charge in [-0.25, -0.2) is 5.43 Å². The summed E-state index contributed by atoms with van der Waals surface area (Å²) in [5, 5.41) is 13.7. The largest absolute Gasteiger partial charge is 0.507 e. The second-order valence-electron chi connectivity index (χ2n) is 6.20. The maximum absolute atomic E-state index is 11.9. The molecule has 0 spiro atoms. The van der Waals surface area contributed by atoms with Gasteiger partial charge < -0.3 is 14.6 Å². The molecule has 0 aromatic heterocycles. The molecular weight excluding hydrogens is 332 g/mol. The Morgan fingerprint density at radius 2 is 2.04 bits per heavy atom. The molecule has 26 heavy (non-hydrogen) atoms. The van der Waals surface area contributed by atoms with Gasteiger partial charge >= 0.3 is 0 Å². The number of ether oxygens (including phenoxy) is 2. The van der Waals surface area contributed by atoms with Crippen LogP contribution in [0.1, 0.15) is 36.5 Å². The highest BCUT2D eigenvalue weighted by atomic mass is 16.5. The number of nitrogens with one attached hydrogen (secondary N) is 1. The lowest BCUT2D eigenvalue weighted by atomic mass is 10.0. The minimum atomic E-state index is -0.384. The molecule has 0 unspecified atom stereocenters. The molecule has 0 aliphatic carbocycles. The van der Waals surface area contributed by atoms with E-state index in [2.05, 4.69) is 24.4 Å². The number of carbonyl (C=O) groups is 1. The molecule has 2 aromatic rings. The van der Waals surface area contributed by atoms with Crippen LogP contribution in [0.15, 0.2) is 41.5 Å². The topological polar surface area (TPSA) is 80.2 Å². The lowest BCUT2D eigenvalue weighted by Gasteiger charge is -2.14. The predicted octanol–water partition coefficient (Wildman–Crippen LogP) is 3.36. The number of aryl methyl sites for hydroxylation is 1. The Labute approximate surface area is 153 Å². The molecule has 2 rings (SSSR count). The minimum Gasteiger partial charge on any atom is -0.507 e. The number of hydrazone groups is 1. The van der Waals surface area contributed by atoms with E-state index in [1.807, 2.05) is 25.1 Å². The van der Waals surface area contributed by atoms with Crippen molar-refractivity contribution in [3.63, 3.8) is 0 Å². The summed E-state index contributed by atoms with van der Waals surface area (Å²) in [6, 6.07) is 10.8. The van der Waals surface area contributed by atoms with E-state index in [0.717, 1.165) is 11.1 Å².